The summed E-state index contributed by atoms with van der Waals surface area (Å²) < 4.78 is 81.3. The lowest BCUT2D eigenvalue weighted by Gasteiger charge is -2.21. The molecule has 37 heavy (non-hydrogen) atoms. The number of aromatic nitrogens is 2. The summed E-state index contributed by atoms with van der Waals surface area (Å²) in [5, 5.41) is 15.3. The summed E-state index contributed by atoms with van der Waals surface area (Å²) in [7, 11) is 0. The van der Waals surface area contributed by atoms with E-state index in [1.807, 2.05) is 6.07 Å². The van der Waals surface area contributed by atoms with Crippen LogP contribution in [0.5, 0.6) is 0 Å². The van der Waals surface area contributed by atoms with Gasteiger partial charge in [0.25, 0.3) is 5.91 Å². The zero-order valence-corrected chi connectivity index (χ0v) is 19.7. The molecule has 1 aliphatic heterocycles. The Bertz CT molecular complexity index is 1370. The number of rotatable bonds is 5. The van der Waals surface area contributed by atoms with Gasteiger partial charge in [-0.15, -0.1) is 0 Å². The highest BCUT2D eigenvalue weighted by molar-refractivity contribution is 6.01. The van der Waals surface area contributed by atoms with Crippen LogP contribution in [0.4, 0.5) is 32.2 Å². The number of carbonyl (C=O) groups excluding carboxylic acids is 1. The Kier molecular flexibility index (Phi) is 6.66. The monoisotopic (exact) mass is 521 g/mol. The van der Waals surface area contributed by atoms with Crippen molar-refractivity contribution in [1.29, 1.82) is 5.26 Å². The predicted octanol–water partition coefficient (Wildman–Crippen LogP) is 5.61. The molecule has 0 spiro atoms. The topological polar surface area (TPSA) is 74.0 Å². The van der Waals surface area contributed by atoms with Crippen LogP contribution >= 0.6 is 0 Å². The zero-order valence-electron chi connectivity index (χ0n) is 19.7. The maximum atomic E-state index is 13.9. The Balaban J connectivity index is 1.64. The molecule has 1 N–H and O–H groups in total. The molecule has 1 aromatic heterocycles. The number of hydrogen-bond acceptors (Lipinski definition) is 4. The lowest BCUT2D eigenvalue weighted by atomic mass is 10.0. The molecule has 0 radical (unpaired) electrons. The number of aryl methyl sites for hydroxylation is 1. The number of benzene rings is 2. The van der Waals surface area contributed by atoms with Crippen molar-refractivity contribution >= 4 is 11.7 Å². The van der Waals surface area contributed by atoms with Crippen molar-refractivity contribution in [3.05, 3.63) is 81.5 Å². The standard InChI is InChI=1S/C25H21F6N5O/c1-14-11-17(5-6-18(14)12-32)15(2)33-22(37)20-21(25(29,30)31)34-36-10-9-35(23(20)36)13-16-3-7-19(8-4-16)24(26,27)28/h3-8,11,15H,9-10,13H2,1-2H3,(H,33,37). The van der Waals surface area contributed by atoms with Crippen molar-refractivity contribution in [2.75, 3.05) is 11.4 Å². The zero-order chi connectivity index (χ0) is 27.1. The molecule has 6 nitrogen and oxygen atoms in total. The maximum absolute atomic E-state index is 13.9. The van der Waals surface area contributed by atoms with Gasteiger partial charge in [-0.3, -0.25) is 4.79 Å². The quantitative estimate of drug-likeness (QED) is 0.443. The molecule has 0 aliphatic carbocycles. The van der Waals surface area contributed by atoms with E-state index in [1.165, 1.54) is 17.0 Å². The first-order valence-corrected chi connectivity index (χ1v) is 11.2. The van der Waals surface area contributed by atoms with Gasteiger partial charge in [-0.1, -0.05) is 24.3 Å². The number of nitrogens with zero attached hydrogens (tertiary/aromatic N) is 4. The molecule has 2 aromatic carbocycles. The Hall–Kier alpha value is -4.01. The van der Waals surface area contributed by atoms with Gasteiger partial charge in [-0.25, -0.2) is 4.68 Å². The molecule has 0 saturated heterocycles. The predicted molar refractivity (Wildman–Crippen MR) is 121 cm³/mol. The van der Waals surface area contributed by atoms with Gasteiger partial charge in [0.15, 0.2) is 5.69 Å². The largest absolute Gasteiger partial charge is 0.436 e. The molecule has 12 heteroatoms. The van der Waals surface area contributed by atoms with Crippen molar-refractivity contribution in [3.63, 3.8) is 0 Å². The molecule has 1 aliphatic rings. The molecular formula is C25H21F6N5O. The normalized spacial score (nSPS) is 14.3. The average molecular weight is 521 g/mol. The number of nitriles is 1. The Morgan fingerprint density at radius 3 is 2.32 bits per heavy atom. The number of nitrogens with one attached hydrogen (secondary N) is 1. The van der Waals surface area contributed by atoms with E-state index in [2.05, 4.69) is 10.4 Å². The molecule has 2 heterocycles. The molecule has 0 fully saturated rings. The van der Waals surface area contributed by atoms with Gasteiger partial charge >= 0.3 is 12.4 Å². The Morgan fingerprint density at radius 2 is 1.76 bits per heavy atom. The van der Waals surface area contributed by atoms with Crippen LogP contribution in [0.3, 0.4) is 0 Å². The minimum absolute atomic E-state index is 0.00816. The molecule has 1 atom stereocenters. The smallest absolute Gasteiger partial charge is 0.350 e. The number of fused-ring (bicyclic) bond motifs is 1. The average Bonchev–Trinajstić information content (AvgIpc) is 3.39. The molecule has 194 valence electrons. The molecule has 1 unspecified atom stereocenters. The first-order valence-electron chi connectivity index (χ1n) is 11.2. The van der Waals surface area contributed by atoms with Crippen molar-refractivity contribution in [2.45, 2.75) is 45.3 Å². The Morgan fingerprint density at radius 1 is 1.08 bits per heavy atom. The fourth-order valence-electron chi connectivity index (χ4n) is 4.27. The Labute approximate surface area is 208 Å². The highest BCUT2D eigenvalue weighted by Gasteiger charge is 2.44. The number of carbonyl (C=O) groups is 1. The van der Waals surface area contributed by atoms with E-state index in [0.29, 0.717) is 22.3 Å². The summed E-state index contributed by atoms with van der Waals surface area (Å²) in [5.74, 6) is -1.03. The number of halogens is 6. The fraction of sp³-hybridized carbons (Fsp3) is 0.320. The van der Waals surface area contributed by atoms with Gasteiger partial charge in [0.1, 0.15) is 11.4 Å². The molecule has 3 aromatic rings. The van der Waals surface area contributed by atoms with Crippen LogP contribution in [0.2, 0.25) is 0 Å². The van der Waals surface area contributed by atoms with E-state index < -0.39 is 41.1 Å². The second-order valence-electron chi connectivity index (χ2n) is 8.77. The summed E-state index contributed by atoms with van der Waals surface area (Å²) >= 11 is 0. The number of amides is 1. The number of hydrogen-bond donors (Lipinski definition) is 1. The van der Waals surface area contributed by atoms with Crippen LogP contribution < -0.4 is 10.2 Å². The summed E-state index contributed by atoms with van der Waals surface area (Å²) in [6.07, 6.45) is -9.42. The van der Waals surface area contributed by atoms with Gasteiger partial charge < -0.3 is 10.2 Å². The van der Waals surface area contributed by atoms with E-state index in [4.69, 9.17) is 5.26 Å². The van der Waals surface area contributed by atoms with Crippen molar-refractivity contribution in [1.82, 2.24) is 15.1 Å². The molecule has 1 amide bonds. The van der Waals surface area contributed by atoms with Crippen molar-refractivity contribution in [3.8, 4) is 6.07 Å². The second kappa shape index (κ2) is 9.46. The van der Waals surface area contributed by atoms with Gasteiger partial charge in [0, 0.05) is 13.1 Å². The van der Waals surface area contributed by atoms with Gasteiger partial charge in [-0.05, 0) is 48.7 Å². The van der Waals surface area contributed by atoms with Gasteiger partial charge in [-0.2, -0.15) is 36.7 Å². The van der Waals surface area contributed by atoms with Crippen LogP contribution in [0.25, 0.3) is 0 Å². The van der Waals surface area contributed by atoms with E-state index in [9.17, 15) is 31.1 Å². The SMILES string of the molecule is Cc1cc(C(C)NC(=O)c2c(C(F)(F)F)nn3c2N(Cc2ccc(C(F)(F)F)cc2)CC3)ccc1C#N. The number of anilines is 1. The van der Waals surface area contributed by atoms with Crippen LogP contribution in [-0.4, -0.2) is 22.2 Å². The third-order valence-corrected chi connectivity index (χ3v) is 6.18. The molecule has 4 rings (SSSR count). The molecule has 0 bridgehead atoms. The lowest BCUT2D eigenvalue weighted by molar-refractivity contribution is -0.142. The lowest BCUT2D eigenvalue weighted by Crippen LogP contribution is -2.31. The number of alkyl halides is 6. The minimum Gasteiger partial charge on any atom is -0.350 e. The van der Waals surface area contributed by atoms with E-state index in [1.54, 1.807) is 32.0 Å². The van der Waals surface area contributed by atoms with E-state index in [0.717, 1.165) is 16.8 Å². The maximum Gasteiger partial charge on any atom is 0.436 e. The van der Waals surface area contributed by atoms with Crippen LogP contribution in [-0.2, 0) is 25.4 Å². The van der Waals surface area contributed by atoms with Crippen LogP contribution in [0.1, 0.15) is 56.8 Å². The highest BCUT2D eigenvalue weighted by Crippen LogP contribution is 2.39. The van der Waals surface area contributed by atoms with E-state index >= 15 is 0 Å². The second-order valence-corrected chi connectivity index (χ2v) is 8.77. The van der Waals surface area contributed by atoms with E-state index in [-0.39, 0.29) is 25.5 Å². The van der Waals surface area contributed by atoms with Crippen LogP contribution in [0.15, 0.2) is 42.5 Å². The highest BCUT2D eigenvalue weighted by atomic mass is 19.4. The summed E-state index contributed by atoms with van der Waals surface area (Å²) in [4.78, 5) is 14.7. The summed E-state index contributed by atoms with van der Waals surface area (Å²) in [5.41, 5.74) is -0.683. The molecular weight excluding hydrogens is 500 g/mol. The third kappa shape index (κ3) is 5.26. The van der Waals surface area contributed by atoms with Gasteiger partial charge in [0.05, 0.1) is 29.8 Å². The molecule has 0 saturated carbocycles. The third-order valence-electron chi connectivity index (χ3n) is 6.18. The minimum atomic E-state index is -4.90. The first kappa shape index (κ1) is 26.1. The van der Waals surface area contributed by atoms with Crippen molar-refractivity contribution in [2.24, 2.45) is 0 Å². The van der Waals surface area contributed by atoms with Crippen LogP contribution in [0, 0.1) is 18.3 Å². The fourth-order valence-corrected chi connectivity index (χ4v) is 4.27. The van der Waals surface area contributed by atoms with Gasteiger partial charge in [0.2, 0.25) is 0 Å². The first-order chi connectivity index (χ1) is 17.3. The summed E-state index contributed by atoms with van der Waals surface area (Å²) in [6, 6.07) is 10.5. The van der Waals surface area contributed by atoms with Crippen molar-refractivity contribution < 1.29 is 31.1 Å². The summed E-state index contributed by atoms with van der Waals surface area (Å²) in [6.45, 7) is 3.62.